The Morgan fingerprint density at radius 1 is 1.13 bits per heavy atom. The Balaban J connectivity index is 2.89. The summed E-state index contributed by atoms with van der Waals surface area (Å²) in [7, 11) is 0. The second-order valence-electron chi connectivity index (χ2n) is 7.39. The number of aliphatic carboxylic acids is 1. The highest BCUT2D eigenvalue weighted by Crippen LogP contribution is 2.19. The maximum Gasteiger partial charge on any atom is 0.326 e. The van der Waals surface area contributed by atoms with E-state index >= 15 is 0 Å². The van der Waals surface area contributed by atoms with Crippen LogP contribution in [-0.2, 0) is 24.0 Å². The van der Waals surface area contributed by atoms with Crippen LogP contribution in [0.2, 0.25) is 0 Å². The summed E-state index contributed by atoms with van der Waals surface area (Å²) in [4.78, 5) is 61.4. The highest BCUT2D eigenvalue weighted by atomic mass is 16.4. The molecular formula is C18H32N6O6. The molecule has 1 saturated heterocycles. The van der Waals surface area contributed by atoms with Gasteiger partial charge in [0.05, 0.1) is 12.5 Å². The number of nitrogens with zero attached hydrogens (tertiary/aromatic N) is 1. The fourth-order valence-electron chi connectivity index (χ4n) is 3.27. The first-order valence-corrected chi connectivity index (χ1v) is 9.96. The molecule has 0 spiro atoms. The summed E-state index contributed by atoms with van der Waals surface area (Å²) in [5.41, 5.74) is 16.1. The van der Waals surface area contributed by atoms with E-state index in [0.29, 0.717) is 38.8 Å². The van der Waals surface area contributed by atoms with Crippen LogP contribution in [0.3, 0.4) is 0 Å². The second kappa shape index (κ2) is 12.1. The Bertz CT molecular complexity index is 655. The van der Waals surface area contributed by atoms with E-state index in [2.05, 4.69) is 10.6 Å². The number of carbonyl (C=O) groups excluding carboxylic acids is 4. The van der Waals surface area contributed by atoms with Gasteiger partial charge in [0.25, 0.3) is 0 Å². The third-order valence-corrected chi connectivity index (χ3v) is 4.83. The van der Waals surface area contributed by atoms with Gasteiger partial charge in [0.2, 0.25) is 23.6 Å². The molecule has 4 unspecified atom stereocenters. The van der Waals surface area contributed by atoms with Gasteiger partial charge in [-0.05, 0) is 45.6 Å². The standard InChI is InChI=1S/C18H32N6O6/c1-10(20)17(28)24-8-4-6-13(24)16(27)22-11(5-2-3-7-19)15(26)23-12(18(29)30)9-14(21)25/h10-13H,2-9,19-20H2,1H3,(H2,21,25)(H,22,27)(H,23,26)(H,29,30). The Kier molecular flexibility index (Phi) is 10.2. The maximum atomic E-state index is 12.8. The summed E-state index contributed by atoms with van der Waals surface area (Å²) in [6, 6.07) is -4.07. The quantitative estimate of drug-likeness (QED) is 0.181. The second-order valence-corrected chi connectivity index (χ2v) is 7.39. The summed E-state index contributed by atoms with van der Waals surface area (Å²) >= 11 is 0. The molecule has 0 bridgehead atoms. The molecule has 9 N–H and O–H groups in total. The fraction of sp³-hybridized carbons (Fsp3) is 0.722. The lowest BCUT2D eigenvalue weighted by atomic mass is 10.1. The van der Waals surface area contributed by atoms with Crippen molar-refractivity contribution in [1.29, 1.82) is 0 Å². The first kappa shape index (κ1) is 25.3. The molecule has 1 rings (SSSR count). The van der Waals surface area contributed by atoms with Gasteiger partial charge < -0.3 is 37.8 Å². The number of unbranched alkanes of at least 4 members (excludes halogenated alkanes) is 1. The summed E-state index contributed by atoms with van der Waals surface area (Å²) in [5, 5.41) is 14.0. The van der Waals surface area contributed by atoms with Gasteiger partial charge in [-0.1, -0.05) is 0 Å². The van der Waals surface area contributed by atoms with Gasteiger partial charge >= 0.3 is 5.97 Å². The number of amides is 4. The molecule has 1 fully saturated rings. The predicted molar refractivity (Wildman–Crippen MR) is 107 cm³/mol. The van der Waals surface area contributed by atoms with Crippen LogP contribution in [0.25, 0.3) is 0 Å². The number of primary amides is 1. The minimum Gasteiger partial charge on any atom is -0.480 e. The number of rotatable bonds is 12. The molecule has 0 aromatic rings. The predicted octanol–water partition coefficient (Wildman–Crippen LogP) is -2.62. The summed E-state index contributed by atoms with van der Waals surface area (Å²) in [6.07, 6.45) is 1.80. The molecule has 0 aromatic carbocycles. The molecule has 1 aliphatic heterocycles. The zero-order chi connectivity index (χ0) is 22.8. The van der Waals surface area contributed by atoms with Crippen molar-refractivity contribution in [3.8, 4) is 0 Å². The van der Waals surface area contributed by atoms with E-state index in [1.165, 1.54) is 11.8 Å². The van der Waals surface area contributed by atoms with E-state index in [-0.39, 0.29) is 12.3 Å². The minimum atomic E-state index is -1.51. The Morgan fingerprint density at radius 2 is 1.80 bits per heavy atom. The zero-order valence-corrected chi connectivity index (χ0v) is 17.1. The van der Waals surface area contributed by atoms with Crippen LogP contribution < -0.4 is 27.8 Å². The van der Waals surface area contributed by atoms with Crippen molar-refractivity contribution in [3.63, 3.8) is 0 Å². The lowest BCUT2D eigenvalue weighted by Crippen LogP contribution is -2.56. The Hall–Kier alpha value is -2.73. The lowest BCUT2D eigenvalue weighted by molar-refractivity contribution is -0.144. The minimum absolute atomic E-state index is 0.214. The number of nitrogens with one attached hydrogen (secondary N) is 2. The Morgan fingerprint density at radius 3 is 2.33 bits per heavy atom. The van der Waals surface area contributed by atoms with Crippen LogP contribution in [0, 0.1) is 0 Å². The van der Waals surface area contributed by atoms with Crippen molar-refractivity contribution in [2.75, 3.05) is 13.1 Å². The summed E-state index contributed by atoms with van der Waals surface area (Å²) in [6.45, 7) is 2.31. The van der Waals surface area contributed by atoms with Crippen LogP contribution in [0.1, 0.15) is 45.4 Å². The smallest absolute Gasteiger partial charge is 0.326 e. The molecule has 0 radical (unpaired) electrons. The number of likely N-dealkylation sites (tertiary alicyclic amines) is 1. The first-order chi connectivity index (χ1) is 14.1. The van der Waals surface area contributed by atoms with Gasteiger partial charge in [-0.15, -0.1) is 0 Å². The van der Waals surface area contributed by atoms with Crippen LogP contribution in [0.5, 0.6) is 0 Å². The molecule has 4 atom stereocenters. The van der Waals surface area contributed by atoms with Gasteiger partial charge in [0.1, 0.15) is 18.1 Å². The van der Waals surface area contributed by atoms with E-state index in [9.17, 15) is 29.1 Å². The van der Waals surface area contributed by atoms with E-state index in [4.69, 9.17) is 17.2 Å². The van der Waals surface area contributed by atoms with Crippen molar-refractivity contribution in [3.05, 3.63) is 0 Å². The van der Waals surface area contributed by atoms with Crippen molar-refractivity contribution in [2.24, 2.45) is 17.2 Å². The largest absolute Gasteiger partial charge is 0.480 e. The van der Waals surface area contributed by atoms with E-state index < -0.39 is 54.3 Å². The molecule has 0 aromatic heterocycles. The summed E-state index contributed by atoms with van der Waals surface area (Å²) in [5.74, 6) is -3.93. The highest BCUT2D eigenvalue weighted by molar-refractivity contribution is 5.95. The topological polar surface area (TPSA) is 211 Å². The molecule has 12 nitrogen and oxygen atoms in total. The van der Waals surface area contributed by atoms with E-state index in [0.717, 1.165) is 0 Å². The number of hydrogen-bond donors (Lipinski definition) is 6. The molecule has 1 heterocycles. The van der Waals surface area contributed by atoms with Gasteiger partial charge in [0, 0.05) is 6.54 Å². The fourth-order valence-corrected chi connectivity index (χ4v) is 3.27. The number of carboxylic acid groups (broad SMARTS) is 1. The number of carbonyl (C=O) groups is 5. The van der Waals surface area contributed by atoms with Crippen molar-refractivity contribution in [2.45, 2.75) is 69.6 Å². The molecule has 170 valence electrons. The summed E-state index contributed by atoms with van der Waals surface area (Å²) < 4.78 is 0. The molecule has 12 heteroatoms. The van der Waals surface area contributed by atoms with E-state index in [1.54, 1.807) is 0 Å². The SMILES string of the molecule is CC(N)C(=O)N1CCCC1C(=O)NC(CCCCN)C(=O)NC(CC(N)=O)C(=O)O. The van der Waals surface area contributed by atoms with Gasteiger partial charge in [-0.2, -0.15) is 0 Å². The normalized spacial score (nSPS) is 18.9. The zero-order valence-electron chi connectivity index (χ0n) is 17.1. The molecule has 1 aliphatic rings. The van der Waals surface area contributed by atoms with Gasteiger partial charge in [-0.25, -0.2) is 4.79 Å². The number of nitrogens with two attached hydrogens (primary N) is 3. The monoisotopic (exact) mass is 428 g/mol. The molecule has 0 saturated carbocycles. The molecule has 30 heavy (non-hydrogen) atoms. The number of hydrogen-bond acceptors (Lipinski definition) is 7. The van der Waals surface area contributed by atoms with Crippen molar-refractivity contribution >= 4 is 29.6 Å². The average molecular weight is 428 g/mol. The molecule has 0 aliphatic carbocycles. The van der Waals surface area contributed by atoms with Crippen LogP contribution in [0.4, 0.5) is 0 Å². The van der Waals surface area contributed by atoms with Gasteiger partial charge in [-0.3, -0.25) is 19.2 Å². The Labute approximate surface area is 174 Å². The van der Waals surface area contributed by atoms with Crippen LogP contribution in [0.15, 0.2) is 0 Å². The first-order valence-electron chi connectivity index (χ1n) is 9.96. The highest BCUT2D eigenvalue weighted by Gasteiger charge is 2.37. The lowest BCUT2D eigenvalue weighted by Gasteiger charge is -2.28. The van der Waals surface area contributed by atoms with Crippen molar-refractivity contribution < 1.29 is 29.1 Å². The maximum absolute atomic E-state index is 12.8. The van der Waals surface area contributed by atoms with Crippen LogP contribution in [-0.4, -0.2) is 76.9 Å². The van der Waals surface area contributed by atoms with E-state index in [1.807, 2.05) is 0 Å². The molecular weight excluding hydrogens is 396 g/mol. The van der Waals surface area contributed by atoms with Crippen molar-refractivity contribution in [1.82, 2.24) is 15.5 Å². The average Bonchev–Trinajstić information content (AvgIpc) is 3.15. The van der Waals surface area contributed by atoms with Crippen LogP contribution >= 0.6 is 0 Å². The third-order valence-electron chi connectivity index (χ3n) is 4.83. The number of carboxylic acids is 1. The third kappa shape index (κ3) is 7.59. The molecule has 4 amide bonds. The van der Waals surface area contributed by atoms with Gasteiger partial charge in [0.15, 0.2) is 0 Å².